The Morgan fingerprint density at radius 2 is 1.67 bits per heavy atom. The Kier molecular flexibility index (Phi) is 3.35. The molecule has 18 heavy (non-hydrogen) atoms. The summed E-state index contributed by atoms with van der Waals surface area (Å²) in [5, 5.41) is 0. The molecule has 1 spiro atoms. The molecule has 102 valence electrons. The summed E-state index contributed by atoms with van der Waals surface area (Å²) >= 11 is 0. The SMILES string of the molecule is CN1CCC2(CC1)CCN(C(=O)C1CCCC1)C2. The van der Waals surface area contributed by atoms with E-state index >= 15 is 0 Å². The summed E-state index contributed by atoms with van der Waals surface area (Å²) in [6.45, 7) is 4.51. The second kappa shape index (κ2) is 4.84. The predicted octanol–water partition coefficient (Wildman–Crippen LogP) is 2.12. The fourth-order valence-electron chi connectivity index (χ4n) is 4.06. The fourth-order valence-corrected chi connectivity index (χ4v) is 4.06. The zero-order chi connectivity index (χ0) is 12.6. The molecule has 3 heteroatoms. The molecule has 0 aromatic rings. The maximum absolute atomic E-state index is 12.5. The lowest BCUT2D eigenvalue weighted by atomic mass is 9.78. The maximum Gasteiger partial charge on any atom is 0.225 e. The van der Waals surface area contributed by atoms with Crippen LogP contribution in [0.5, 0.6) is 0 Å². The highest BCUT2D eigenvalue weighted by atomic mass is 16.2. The summed E-state index contributed by atoms with van der Waals surface area (Å²) in [6.07, 6.45) is 8.64. The number of carbonyl (C=O) groups excluding carboxylic acids is 1. The van der Waals surface area contributed by atoms with E-state index in [1.165, 1.54) is 45.2 Å². The molecule has 3 rings (SSSR count). The molecule has 1 saturated carbocycles. The zero-order valence-corrected chi connectivity index (χ0v) is 11.7. The number of carbonyl (C=O) groups is 1. The molecule has 0 atom stereocenters. The van der Waals surface area contributed by atoms with E-state index in [0.717, 1.165) is 25.9 Å². The van der Waals surface area contributed by atoms with E-state index in [0.29, 0.717) is 17.2 Å². The van der Waals surface area contributed by atoms with E-state index in [1.54, 1.807) is 0 Å². The minimum atomic E-state index is 0.367. The van der Waals surface area contributed by atoms with Crippen LogP contribution >= 0.6 is 0 Å². The van der Waals surface area contributed by atoms with E-state index in [-0.39, 0.29) is 0 Å². The summed E-state index contributed by atoms with van der Waals surface area (Å²) in [6, 6.07) is 0. The molecule has 0 aromatic carbocycles. The average molecular weight is 250 g/mol. The summed E-state index contributed by atoms with van der Waals surface area (Å²) in [5.41, 5.74) is 0.473. The van der Waals surface area contributed by atoms with Crippen LogP contribution in [0.1, 0.15) is 44.9 Å². The summed E-state index contributed by atoms with van der Waals surface area (Å²) < 4.78 is 0. The van der Waals surface area contributed by atoms with Gasteiger partial charge in [0.05, 0.1) is 0 Å². The van der Waals surface area contributed by atoms with Crippen molar-refractivity contribution < 1.29 is 4.79 Å². The Bertz CT molecular complexity index is 314. The number of amides is 1. The van der Waals surface area contributed by atoms with Crippen molar-refractivity contribution in [1.82, 2.24) is 9.80 Å². The van der Waals surface area contributed by atoms with Crippen molar-refractivity contribution in [3.8, 4) is 0 Å². The smallest absolute Gasteiger partial charge is 0.225 e. The third kappa shape index (κ3) is 2.29. The fraction of sp³-hybridized carbons (Fsp3) is 0.933. The van der Waals surface area contributed by atoms with Gasteiger partial charge in [0.1, 0.15) is 0 Å². The lowest BCUT2D eigenvalue weighted by Crippen LogP contribution is -2.41. The zero-order valence-electron chi connectivity index (χ0n) is 11.7. The normalized spacial score (nSPS) is 29.3. The first-order valence-corrected chi connectivity index (χ1v) is 7.66. The van der Waals surface area contributed by atoms with Crippen molar-refractivity contribution in [2.75, 3.05) is 33.2 Å². The van der Waals surface area contributed by atoms with Gasteiger partial charge in [-0.05, 0) is 57.7 Å². The first-order chi connectivity index (χ1) is 8.69. The summed E-state index contributed by atoms with van der Waals surface area (Å²) in [4.78, 5) is 17.1. The first kappa shape index (κ1) is 12.5. The van der Waals surface area contributed by atoms with Crippen molar-refractivity contribution in [3.05, 3.63) is 0 Å². The van der Waals surface area contributed by atoms with Crippen molar-refractivity contribution in [3.63, 3.8) is 0 Å². The quantitative estimate of drug-likeness (QED) is 0.712. The topological polar surface area (TPSA) is 23.6 Å². The molecule has 2 heterocycles. The van der Waals surface area contributed by atoms with Crippen LogP contribution in [0.25, 0.3) is 0 Å². The van der Waals surface area contributed by atoms with E-state index in [9.17, 15) is 4.79 Å². The lowest BCUT2D eigenvalue weighted by Gasteiger charge is -2.37. The number of hydrogen-bond acceptors (Lipinski definition) is 2. The highest BCUT2D eigenvalue weighted by molar-refractivity contribution is 5.79. The third-order valence-electron chi connectivity index (χ3n) is 5.50. The number of hydrogen-bond donors (Lipinski definition) is 0. The Balaban J connectivity index is 1.59. The molecular weight excluding hydrogens is 224 g/mol. The lowest BCUT2D eigenvalue weighted by molar-refractivity contribution is -0.134. The van der Waals surface area contributed by atoms with Crippen LogP contribution in [0, 0.1) is 11.3 Å². The second-order valence-electron chi connectivity index (χ2n) is 6.79. The van der Waals surface area contributed by atoms with Gasteiger partial charge in [-0.3, -0.25) is 4.79 Å². The largest absolute Gasteiger partial charge is 0.342 e. The predicted molar refractivity (Wildman–Crippen MR) is 72.3 cm³/mol. The minimum absolute atomic E-state index is 0.367. The molecule has 1 amide bonds. The number of piperidine rings is 1. The summed E-state index contributed by atoms with van der Waals surface area (Å²) in [7, 11) is 2.21. The van der Waals surface area contributed by atoms with Crippen LogP contribution in [0.15, 0.2) is 0 Å². The van der Waals surface area contributed by atoms with Crippen molar-refractivity contribution in [1.29, 1.82) is 0 Å². The second-order valence-corrected chi connectivity index (χ2v) is 6.79. The maximum atomic E-state index is 12.5. The molecule has 0 bridgehead atoms. The number of likely N-dealkylation sites (tertiary alicyclic amines) is 2. The Morgan fingerprint density at radius 3 is 2.33 bits per heavy atom. The highest BCUT2D eigenvalue weighted by Gasteiger charge is 2.42. The van der Waals surface area contributed by atoms with Gasteiger partial charge in [0.15, 0.2) is 0 Å². The molecule has 3 nitrogen and oxygen atoms in total. The van der Waals surface area contributed by atoms with Crippen LogP contribution in [0.4, 0.5) is 0 Å². The molecule has 0 unspecified atom stereocenters. The van der Waals surface area contributed by atoms with Gasteiger partial charge in [0.25, 0.3) is 0 Å². The van der Waals surface area contributed by atoms with Crippen molar-refractivity contribution in [2.45, 2.75) is 44.9 Å². The standard InChI is InChI=1S/C15H26N2O/c1-16-9-6-15(7-10-16)8-11-17(12-15)14(18)13-4-2-3-5-13/h13H,2-12H2,1H3. The Morgan fingerprint density at radius 1 is 1.06 bits per heavy atom. The molecule has 3 aliphatic rings. The minimum Gasteiger partial charge on any atom is -0.342 e. The molecule has 1 aliphatic carbocycles. The third-order valence-corrected chi connectivity index (χ3v) is 5.50. The van der Waals surface area contributed by atoms with Gasteiger partial charge in [0, 0.05) is 19.0 Å². The molecule has 0 radical (unpaired) electrons. The molecule has 0 N–H and O–H groups in total. The van der Waals surface area contributed by atoms with Gasteiger partial charge in [-0.2, -0.15) is 0 Å². The van der Waals surface area contributed by atoms with Crippen LogP contribution < -0.4 is 0 Å². The van der Waals surface area contributed by atoms with Gasteiger partial charge >= 0.3 is 0 Å². The first-order valence-electron chi connectivity index (χ1n) is 7.66. The van der Waals surface area contributed by atoms with E-state index < -0.39 is 0 Å². The van der Waals surface area contributed by atoms with Crippen LogP contribution in [0.3, 0.4) is 0 Å². The van der Waals surface area contributed by atoms with Gasteiger partial charge < -0.3 is 9.80 Å². The van der Waals surface area contributed by atoms with Gasteiger partial charge in [-0.15, -0.1) is 0 Å². The van der Waals surface area contributed by atoms with E-state index in [2.05, 4.69) is 16.8 Å². The Hall–Kier alpha value is -0.570. The molecule has 3 fully saturated rings. The van der Waals surface area contributed by atoms with Crippen LogP contribution in [0.2, 0.25) is 0 Å². The average Bonchev–Trinajstić information content (AvgIpc) is 3.03. The van der Waals surface area contributed by atoms with Crippen LogP contribution in [-0.2, 0) is 4.79 Å². The summed E-state index contributed by atoms with van der Waals surface area (Å²) in [5.74, 6) is 0.842. The van der Waals surface area contributed by atoms with Crippen molar-refractivity contribution in [2.24, 2.45) is 11.3 Å². The van der Waals surface area contributed by atoms with Gasteiger partial charge in [0.2, 0.25) is 5.91 Å². The van der Waals surface area contributed by atoms with Crippen LogP contribution in [-0.4, -0.2) is 48.9 Å². The molecule has 0 aromatic heterocycles. The van der Waals surface area contributed by atoms with E-state index in [4.69, 9.17) is 0 Å². The van der Waals surface area contributed by atoms with Gasteiger partial charge in [-0.25, -0.2) is 0 Å². The molecule has 2 saturated heterocycles. The molecule has 2 aliphatic heterocycles. The number of rotatable bonds is 1. The monoisotopic (exact) mass is 250 g/mol. The van der Waals surface area contributed by atoms with Crippen molar-refractivity contribution >= 4 is 5.91 Å². The number of nitrogens with zero attached hydrogens (tertiary/aromatic N) is 2. The van der Waals surface area contributed by atoms with E-state index in [1.807, 2.05) is 0 Å². The van der Waals surface area contributed by atoms with Gasteiger partial charge in [-0.1, -0.05) is 12.8 Å². The Labute approximate surface area is 111 Å². The highest BCUT2D eigenvalue weighted by Crippen LogP contribution is 2.41. The molecular formula is C15H26N2O.